The lowest BCUT2D eigenvalue weighted by molar-refractivity contribution is -0.154. The van der Waals surface area contributed by atoms with Gasteiger partial charge in [0, 0.05) is 13.0 Å². The van der Waals surface area contributed by atoms with Crippen molar-refractivity contribution in [1.29, 1.82) is 0 Å². The van der Waals surface area contributed by atoms with Crippen LogP contribution < -0.4 is 0 Å². The van der Waals surface area contributed by atoms with Gasteiger partial charge in [0.25, 0.3) is 0 Å². The minimum atomic E-state index is -4.53. The Balaban J connectivity index is 4.17. The molecule has 0 spiro atoms. The molecule has 0 bridgehead atoms. The van der Waals surface area contributed by atoms with Crippen LogP contribution in [0.25, 0.3) is 0 Å². The second-order valence-electron chi connectivity index (χ2n) is 15.8. The van der Waals surface area contributed by atoms with Crippen molar-refractivity contribution < 1.29 is 43.0 Å². The van der Waals surface area contributed by atoms with Crippen molar-refractivity contribution in [3.05, 3.63) is 60.8 Å². The molecule has 0 fully saturated rings. The molecule has 0 radical (unpaired) electrons. The Bertz CT molecular complexity index is 1100. The standard InChI is InChI=1S/C49H89O9P/c1-3-5-7-9-11-13-15-17-19-21-23-24-26-28-30-32-34-36-38-40-42-55-45-48(46-57-59(53,54)56-44-47(51)43-50)58-49(52)41-39-37-35-33-31-29-27-25-22-20-18-16-14-12-10-8-6-4-2/h11,13-14,16-17,19-20,22-24,47-48,50-51H,3-10,12,15,18,21,25-46H2,1-2H3,(H,53,54)/b13-11-,16-14-,19-17-,22-20-,24-23-. The minimum absolute atomic E-state index is 0.0372. The van der Waals surface area contributed by atoms with Crippen molar-refractivity contribution in [3.63, 3.8) is 0 Å². The molecular formula is C49H89O9P. The predicted octanol–water partition coefficient (Wildman–Crippen LogP) is 13.5. The fourth-order valence-electron chi connectivity index (χ4n) is 6.27. The monoisotopic (exact) mass is 853 g/mol. The van der Waals surface area contributed by atoms with Gasteiger partial charge in [-0.2, -0.15) is 0 Å². The smallest absolute Gasteiger partial charge is 0.457 e. The van der Waals surface area contributed by atoms with Gasteiger partial charge < -0.3 is 24.6 Å². The summed E-state index contributed by atoms with van der Waals surface area (Å²) in [4.78, 5) is 22.6. The average molecular weight is 853 g/mol. The van der Waals surface area contributed by atoms with E-state index < -0.39 is 39.2 Å². The highest BCUT2D eigenvalue weighted by Crippen LogP contribution is 2.43. The first-order chi connectivity index (χ1) is 28.8. The van der Waals surface area contributed by atoms with Gasteiger partial charge in [0.1, 0.15) is 12.2 Å². The molecule has 9 nitrogen and oxygen atoms in total. The van der Waals surface area contributed by atoms with Crippen molar-refractivity contribution >= 4 is 13.8 Å². The number of esters is 1. The number of unbranched alkanes of at least 4 members (excludes halogenated alkanes) is 21. The van der Waals surface area contributed by atoms with Crippen molar-refractivity contribution in [1.82, 2.24) is 0 Å². The molecule has 0 amide bonds. The zero-order valence-corrected chi connectivity index (χ0v) is 38.6. The Morgan fingerprint density at radius 3 is 1.41 bits per heavy atom. The maximum atomic E-state index is 12.7. The third-order valence-electron chi connectivity index (χ3n) is 9.93. The minimum Gasteiger partial charge on any atom is -0.457 e. The number of rotatable bonds is 45. The van der Waals surface area contributed by atoms with E-state index >= 15 is 0 Å². The van der Waals surface area contributed by atoms with Gasteiger partial charge in [0.2, 0.25) is 0 Å². The molecule has 0 aromatic rings. The fourth-order valence-corrected chi connectivity index (χ4v) is 7.06. The van der Waals surface area contributed by atoms with E-state index in [1.54, 1.807) is 0 Å². The summed E-state index contributed by atoms with van der Waals surface area (Å²) >= 11 is 0. The molecule has 0 rings (SSSR count). The Labute approximate surface area is 361 Å². The summed E-state index contributed by atoms with van der Waals surface area (Å²) in [6.07, 6.45) is 53.1. The van der Waals surface area contributed by atoms with Gasteiger partial charge in [-0.15, -0.1) is 0 Å². The third kappa shape index (κ3) is 45.5. The van der Waals surface area contributed by atoms with Gasteiger partial charge in [0.15, 0.2) is 0 Å². The van der Waals surface area contributed by atoms with Gasteiger partial charge in [-0.25, -0.2) is 4.57 Å². The van der Waals surface area contributed by atoms with Gasteiger partial charge in [0.05, 0.1) is 26.4 Å². The van der Waals surface area contributed by atoms with Gasteiger partial charge in [-0.05, 0) is 83.5 Å². The molecule has 0 aliphatic carbocycles. The molecule has 344 valence electrons. The maximum absolute atomic E-state index is 12.7. The summed E-state index contributed by atoms with van der Waals surface area (Å²) in [5, 5.41) is 18.4. The van der Waals surface area contributed by atoms with Gasteiger partial charge in [-0.1, -0.05) is 171 Å². The van der Waals surface area contributed by atoms with Gasteiger partial charge in [-0.3, -0.25) is 13.8 Å². The number of allylic oxidation sites excluding steroid dienone is 10. The number of carbonyl (C=O) groups is 1. The van der Waals surface area contributed by atoms with Crippen LogP contribution in [0.5, 0.6) is 0 Å². The Morgan fingerprint density at radius 1 is 0.525 bits per heavy atom. The van der Waals surface area contributed by atoms with Crippen molar-refractivity contribution in [2.24, 2.45) is 0 Å². The number of hydrogen-bond donors (Lipinski definition) is 3. The Kier molecular flexibility index (Phi) is 44.3. The zero-order chi connectivity index (χ0) is 43.2. The number of ether oxygens (including phenoxy) is 2. The molecule has 0 saturated heterocycles. The number of phosphoric ester groups is 1. The molecule has 10 heteroatoms. The van der Waals surface area contributed by atoms with Gasteiger partial charge >= 0.3 is 13.8 Å². The van der Waals surface area contributed by atoms with Crippen LogP contribution in [0.2, 0.25) is 0 Å². The highest BCUT2D eigenvalue weighted by atomic mass is 31.2. The van der Waals surface area contributed by atoms with Crippen LogP contribution in [-0.4, -0.2) is 66.3 Å². The first-order valence-corrected chi connectivity index (χ1v) is 25.3. The van der Waals surface area contributed by atoms with Crippen molar-refractivity contribution in [3.8, 4) is 0 Å². The van der Waals surface area contributed by atoms with Crippen LogP contribution in [0.4, 0.5) is 0 Å². The molecule has 0 heterocycles. The van der Waals surface area contributed by atoms with E-state index in [2.05, 4.69) is 74.6 Å². The summed E-state index contributed by atoms with van der Waals surface area (Å²) in [6.45, 7) is 3.45. The summed E-state index contributed by atoms with van der Waals surface area (Å²) in [5.74, 6) is -0.395. The molecule has 0 saturated carbocycles. The molecule has 3 N–H and O–H groups in total. The van der Waals surface area contributed by atoms with E-state index in [9.17, 15) is 19.4 Å². The molecule has 0 aliphatic rings. The highest BCUT2D eigenvalue weighted by molar-refractivity contribution is 7.47. The van der Waals surface area contributed by atoms with Crippen molar-refractivity contribution in [2.45, 2.75) is 212 Å². The number of aliphatic hydroxyl groups is 2. The second-order valence-corrected chi connectivity index (χ2v) is 17.2. The summed E-state index contributed by atoms with van der Waals surface area (Å²) in [6, 6.07) is 0. The van der Waals surface area contributed by atoms with E-state index in [4.69, 9.17) is 23.6 Å². The Morgan fingerprint density at radius 2 is 0.915 bits per heavy atom. The van der Waals surface area contributed by atoms with Crippen LogP contribution >= 0.6 is 7.82 Å². The lowest BCUT2D eigenvalue weighted by Crippen LogP contribution is -2.29. The zero-order valence-electron chi connectivity index (χ0n) is 37.7. The SMILES string of the molecule is CCCCC/C=C\C/C=C\C/C=C\CCCCCCCCCOCC(COP(=O)(O)OCC(O)CO)OC(=O)CCCCCCCCC/C=C\C/C=C\CCCCCC. The number of phosphoric acid groups is 1. The van der Waals surface area contributed by atoms with E-state index in [0.717, 1.165) is 70.6 Å². The summed E-state index contributed by atoms with van der Waals surface area (Å²) < 4.78 is 33.4. The number of hydrogen-bond acceptors (Lipinski definition) is 8. The molecule has 59 heavy (non-hydrogen) atoms. The first kappa shape index (κ1) is 57.2. The lowest BCUT2D eigenvalue weighted by atomic mass is 10.1. The molecule has 0 aromatic heterocycles. The Hall–Kier alpha value is -1.84. The molecule has 3 atom stereocenters. The van der Waals surface area contributed by atoms with E-state index in [0.29, 0.717) is 13.0 Å². The van der Waals surface area contributed by atoms with Crippen LogP contribution in [0.15, 0.2) is 60.8 Å². The second kappa shape index (κ2) is 45.7. The molecule has 3 unspecified atom stereocenters. The van der Waals surface area contributed by atoms with E-state index in [-0.39, 0.29) is 19.6 Å². The van der Waals surface area contributed by atoms with E-state index in [1.165, 1.54) is 103 Å². The lowest BCUT2D eigenvalue weighted by Gasteiger charge is -2.20. The van der Waals surface area contributed by atoms with E-state index in [1.807, 2.05) is 0 Å². The normalized spacial score (nSPS) is 14.5. The fraction of sp³-hybridized carbons (Fsp3) is 0.776. The number of carbonyl (C=O) groups excluding carboxylic acids is 1. The summed E-state index contributed by atoms with van der Waals surface area (Å²) in [5.41, 5.74) is 0. The maximum Gasteiger partial charge on any atom is 0.472 e. The summed E-state index contributed by atoms with van der Waals surface area (Å²) in [7, 11) is -4.53. The van der Waals surface area contributed by atoms with Crippen LogP contribution in [-0.2, 0) is 27.9 Å². The van der Waals surface area contributed by atoms with Crippen LogP contribution in [0.1, 0.15) is 200 Å². The molecule has 0 aromatic carbocycles. The first-order valence-electron chi connectivity index (χ1n) is 23.8. The average Bonchev–Trinajstić information content (AvgIpc) is 3.23. The number of aliphatic hydroxyl groups excluding tert-OH is 2. The third-order valence-corrected chi connectivity index (χ3v) is 10.9. The molecule has 0 aliphatic heterocycles. The highest BCUT2D eigenvalue weighted by Gasteiger charge is 2.26. The molecular weight excluding hydrogens is 764 g/mol. The predicted molar refractivity (Wildman–Crippen MR) is 246 cm³/mol. The largest absolute Gasteiger partial charge is 0.472 e. The van der Waals surface area contributed by atoms with Crippen molar-refractivity contribution in [2.75, 3.05) is 33.0 Å². The topological polar surface area (TPSA) is 132 Å². The quantitative estimate of drug-likeness (QED) is 0.0237. The van der Waals surface area contributed by atoms with Crippen LogP contribution in [0, 0.1) is 0 Å². The van der Waals surface area contributed by atoms with Crippen LogP contribution in [0.3, 0.4) is 0 Å².